The molecule has 0 amide bonds. The van der Waals surface area contributed by atoms with Gasteiger partial charge in [0.15, 0.2) is 0 Å². The summed E-state index contributed by atoms with van der Waals surface area (Å²) < 4.78 is 4.81. The van der Waals surface area contributed by atoms with E-state index in [0.717, 1.165) is 12.5 Å². The van der Waals surface area contributed by atoms with E-state index in [0.29, 0.717) is 12.5 Å². The van der Waals surface area contributed by atoms with Gasteiger partial charge in [0.1, 0.15) is 6.61 Å². The fourth-order valence-corrected chi connectivity index (χ4v) is 0.479. The molecule has 0 saturated carbocycles. The molecule has 0 heterocycles. The van der Waals surface area contributed by atoms with Crippen LogP contribution in [0.1, 0.15) is 20.3 Å². The zero-order chi connectivity index (χ0) is 12.3. The molecule has 88 valence electrons. The van der Waals surface area contributed by atoms with Crippen LogP contribution in [-0.4, -0.2) is 35.4 Å². The second-order valence-corrected chi connectivity index (χ2v) is 3.17. The highest BCUT2D eigenvalue weighted by atomic mass is 16.5. The molecule has 0 aliphatic rings. The van der Waals surface area contributed by atoms with E-state index in [1.54, 1.807) is 0 Å². The van der Waals surface area contributed by atoms with Crippen molar-refractivity contribution in [2.24, 2.45) is 5.92 Å². The van der Waals surface area contributed by atoms with Gasteiger partial charge >= 0.3 is 11.9 Å². The second kappa shape index (κ2) is 10.7. The number of carbonyl (C=O) groups is 2. The third-order valence-electron chi connectivity index (χ3n) is 1.24. The molecular weight excluding hydrogens is 200 g/mol. The lowest BCUT2D eigenvalue weighted by Crippen LogP contribution is -2.08. The van der Waals surface area contributed by atoms with E-state index in [1.807, 2.05) is 0 Å². The van der Waals surface area contributed by atoms with Crippen LogP contribution in [0.2, 0.25) is 0 Å². The van der Waals surface area contributed by atoms with Crippen LogP contribution >= 0.6 is 0 Å². The van der Waals surface area contributed by atoms with Crippen molar-refractivity contribution in [3.05, 3.63) is 12.7 Å². The third kappa shape index (κ3) is 24.5. The molecule has 0 saturated heterocycles. The maximum absolute atomic E-state index is 9.92. The van der Waals surface area contributed by atoms with E-state index in [4.69, 9.17) is 14.9 Å². The molecule has 5 heteroatoms. The van der Waals surface area contributed by atoms with E-state index >= 15 is 0 Å². The van der Waals surface area contributed by atoms with Gasteiger partial charge in [-0.2, -0.15) is 0 Å². The zero-order valence-corrected chi connectivity index (χ0v) is 9.10. The summed E-state index contributed by atoms with van der Waals surface area (Å²) in [5.74, 6) is -1.30. The summed E-state index contributed by atoms with van der Waals surface area (Å²) in [6.07, 6.45) is 1.76. The van der Waals surface area contributed by atoms with Crippen molar-refractivity contribution < 1.29 is 24.5 Å². The minimum Gasteiger partial charge on any atom is -0.480 e. The first kappa shape index (κ1) is 16.1. The van der Waals surface area contributed by atoms with E-state index in [-0.39, 0.29) is 6.61 Å². The number of hydrogen-bond acceptors (Lipinski definition) is 3. The van der Waals surface area contributed by atoms with Crippen molar-refractivity contribution in [3.8, 4) is 0 Å². The highest BCUT2D eigenvalue weighted by Gasteiger charge is 1.97. The Morgan fingerprint density at radius 1 is 1.40 bits per heavy atom. The monoisotopic (exact) mass is 218 g/mol. The summed E-state index contributed by atoms with van der Waals surface area (Å²) in [5.41, 5.74) is 0. The third-order valence-corrected chi connectivity index (χ3v) is 1.24. The lowest BCUT2D eigenvalue weighted by atomic mass is 10.1. The molecule has 0 aromatic rings. The van der Waals surface area contributed by atoms with Gasteiger partial charge in [-0.05, 0) is 12.3 Å². The Balaban J connectivity index is 0. The van der Waals surface area contributed by atoms with E-state index in [1.165, 1.54) is 0 Å². The quantitative estimate of drug-likeness (QED) is 0.520. The fraction of sp³-hybridized carbons (Fsp3) is 0.600. The molecule has 5 nitrogen and oxygen atoms in total. The van der Waals surface area contributed by atoms with Crippen LogP contribution in [0.15, 0.2) is 12.7 Å². The SMILES string of the molecule is C=CC(=O)O.CC(C)CCOCC(=O)O. The van der Waals surface area contributed by atoms with Crippen LogP contribution in [0.3, 0.4) is 0 Å². The number of carboxylic acids is 2. The maximum Gasteiger partial charge on any atom is 0.329 e. The average Bonchev–Trinajstić information content (AvgIpc) is 2.13. The summed E-state index contributed by atoms with van der Waals surface area (Å²) in [5, 5.41) is 15.8. The van der Waals surface area contributed by atoms with Gasteiger partial charge in [-0.3, -0.25) is 0 Å². The number of carboxylic acid groups (broad SMARTS) is 2. The number of rotatable bonds is 6. The zero-order valence-electron chi connectivity index (χ0n) is 9.10. The van der Waals surface area contributed by atoms with E-state index < -0.39 is 11.9 Å². The first-order valence-electron chi connectivity index (χ1n) is 4.55. The Hall–Kier alpha value is -1.36. The molecule has 0 radical (unpaired) electrons. The summed E-state index contributed by atoms with van der Waals surface area (Å²) in [6.45, 7) is 7.48. The Morgan fingerprint density at radius 2 is 1.87 bits per heavy atom. The van der Waals surface area contributed by atoms with Gasteiger partial charge in [0.05, 0.1) is 0 Å². The molecule has 0 spiro atoms. The molecule has 0 aliphatic carbocycles. The molecule has 2 N–H and O–H groups in total. The Morgan fingerprint density at radius 3 is 2.13 bits per heavy atom. The van der Waals surface area contributed by atoms with Crippen molar-refractivity contribution in [2.45, 2.75) is 20.3 Å². The first-order chi connectivity index (χ1) is 6.90. The van der Waals surface area contributed by atoms with Gasteiger partial charge in [0, 0.05) is 12.7 Å². The smallest absolute Gasteiger partial charge is 0.329 e. The Kier molecular flexibility index (Phi) is 11.5. The first-order valence-corrected chi connectivity index (χ1v) is 4.55. The fourth-order valence-electron chi connectivity index (χ4n) is 0.479. The Labute approximate surface area is 89.4 Å². The predicted molar refractivity (Wildman–Crippen MR) is 55.7 cm³/mol. The van der Waals surface area contributed by atoms with Crippen molar-refractivity contribution in [1.29, 1.82) is 0 Å². The minimum atomic E-state index is -0.981. The largest absolute Gasteiger partial charge is 0.480 e. The van der Waals surface area contributed by atoms with Gasteiger partial charge in [-0.25, -0.2) is 9.59 Å². The molecule has 0 aliphatic heterocycles. The number of ether oxygens (including phenoxy) is 1. The van der Waals surface area contributed by atoms with Crippen LogP contribution in [0.25, 0.3) is 0 Å². The highest BCUT2D eigenvalue weighted by molar-refractivity contribution is 5.78. The minimum absolute atomic E-state index is 0.174. The summed E-state index contributed by atoms with van der Waals surface area (Å²) in [6, 6.07) is 0. The summed E-state index contributed by atoms with van der Waals surface area (Å²) in [4.78, 5) is 19.2. The van der Waals surface area contributed by atoms with Gasteiger partial charge in [0.25, 0.3) is 0 Å². The molecule has 0 bridgehead atoms. The van der Waals surface area contributed by atoms with Crippen LogP contribution in [0.5, 0.6) is 0 Å². The second-order valence-electron chi connectivity index (χ2n) is 3.17. The number of hydrogen-bond donors (Lipinski definition) is 2. The van der Waals surface area contributed by atoms with Crippen molar-refractivity contribution in [3.63, 3.8) is 0 Å². The maximum atomic E-state index is 9.92. The molecule has 0 fully saturated rings. The summed E-state index contributed by atoms with van der Waals surface area (Å²) in [7, 11) is 0. The van der Waals surface area contributed by atoms with E-state index in [9.17, 15) is 9.59 Å². The normalized spacial score (nSPS) is 9.00. The van der Waals surface area contributed by atoms with Crippen molar-refractivity contribution in [1.82, 2.24) is 0 Å². The van der Waals surface area contributed by atoms with Gasteiger partial charge in [-0.1, -0.05) is 20.4 Å². The topological polar surface area (TPSA) is 83.8 Å². The highest BCUT2D eigenvalue weighted by Crippen LogP contribution is 1.98. The van der Waals surface area contributed by atoms with Crippen LogP contribution in [-0.2, 0) is 14.3 Å². The molecule has 0 unspecified atom stereocenters. The molecular formula is C10H18O5. The van der Waals surface area contributed by atoms with E-state index in [2.05, 4.69) is 20.4 Å². The molecule has 15 heavy (non-hydrogen) atoms. The van der Waals surface area contributed by atoms with Crippen LogP contribution < -0.4 is 0 Å². The van der Waals surface area contributed by atoms with Gasteiger partial charge in [0.2, 0.25) is 0 Å². The molecule has 0 atom stereocenters. The lowest BCUT2D eigenvalue weighted by molar-refractivity contribution is -0.142. The Bertz CT molecular complexity index is 198. The molecule has 0 aromatic carbocycles. The van der Waals surface area contributed by atoms with Gasteiger partial charge in [-0.15, -0.1) is 0 Å². The lowest BCUT2D eigenvalue weighted by Gasteiger charge is -2.02. The standard InChI is InChI=1S/C7H14O3.C3H4O2/c1-6(2)3-4-10-5-7(8)9;1-2-3(4)5/h6H,3-5H2,1-2H3,(H,8,9);2H,1H2,(H,4,5). The van der Waals surface area contributed by atoms with Gasteiger partial charge < -0.3 is 14.9 Å². The van der Waals surface area contributed by atoms with Crippen molar-refractivity contribution >= 4 is 11.9 Å². The predicted octanol–water partition coefficient (Wildman–Crippen LogP) is 1.39. The van der Waals surface area contributed by atoms with Crippen LogP contribution in [0.4, 0.5) is 0 Å². The average molecular weight is 218 g/mol. The van der Waals surface area contributed by atoms with Crippen LogP contribution in [0, 0.1) is 5.92 Å². The summed E-state index contributed by atoms with van der Waals surface area (Å²) >= 11 is 0. The number of aliphatic carboxylic acids is 2. The van der Waals surface area contributed by atoms with Crippen molar-refractivity contribution in [2.75, 3.05) is 13.2 Å². The molecule has 0 aromatic heterocycles. The molecule has 0 rings (SSSR count).